The molecule has 7 heteroatoms. The number of carbonyl (C=O) groups is 1. The summed E-state index contributed by atoms with van der Waals surface area (Å²) in [4.78, 5) is 11.9. The van der Waals surface area contributed by atoms with Gasteiger partial charge in [-0.25, -0.2) is 0 Å². The largest absolute Gasteiger partial charge is 0.433 e. The molecule has 0 atom stereocenters. The Hall–Kier alpha value is -2.44. The molecule has 0 aliphatic carbocycles. The fraction of sp³-hybridized carbons (Fsp3) is 0.231. The van der Waals surface area contributed by atoms with Crippen molar-refractivity contribution in [3.8, 4) is 5.75 Å². The molecule has 0 saturated heterocycles. The third-order valence-corrected chi connectivity index (χ3v) is 2.55. The van der Waals surface area contributed by atoms with Gasteiger partial charge in [-0.2, -0.15) is 13.9 Å². The van der Waals surface area contributed by atoms with Crippen LogP contribution in [0.3, 0.4) is 0 Å². The number of aryl methyl sites for hydroxylation is 2. The van der Waals surface area contributed by atoms with Crippen molar-refractivity contribution in [1.29, 1.82) is 0 Å². The SMILES string of the molecule is Cc1ccc(NC(=O)c2ccn(C)n2)c(OC(F)F)c1. The van der Waals surface area contributed by atoms with Crippen molar-refractivity contribution in [2.75, 3.05) is 5.32 Å². The Kier molecular flexibility index (Phi) is 3.97. The highest BCUT2D eigenvalue weighted by Gasteiger charge is 2.14. The molecule has 1 aromatic carbocycles. The Morgan fingerprint density at radius 1 is 1.40 bits per heavy atom. The second kappa shape index (κ2) is 5.68. The zero-order valence-electron chi connectivity index (χ0n) is 10.9. The molecule has 1 N–H and O–H groups in total. The van der Waals surface area contributed by atoms with Crippen LogP contribution >= 0.6 is 0 Å². The molecule has 2 aromatic rings. The van der Waals surface area contributed by atoms with Crippen LogP contribution in [0, 0.1) is 6.92 Å². The third-order valence-electron chi connectivity index (χ3n) is 2.55. The van der Waals surface area contributed by atoms with Crippen LogP contribution in [-0.4, -0.2) is 22.3 Å². The summed E-state index contributed by atoms with van der Waals surface area (Å²) in [5.41, 5.74) is 1.11. The summed E-state index contributed by atoms with van der Waals surface area (Å²) in [6.45, 7) is -1.22. The number of anilines is 1. The lowest BCUT2D eigenvalue weighted by molar-refractivity contribution is -0.0494. The predicted octanol–water partition coefficient (Wildman–Crippen LogP) is 2.58. The van der Waals surface area contributed by atoms with Crippen molar-refractivity contribution >= 4 is 11.6 Å². The summed E-state index contributed by atoms with van der Waals surface area (Å²) in [6, 6.07) is 6.15. The van der Waals surface area contributed by atoms with Gasteiger partial charge in [0.25, 0.3) is 5.91 Å². The minimum absolute atomic E-state index is 0.0794. The Bertz CT molecular complexity index is 626. The van der Waals surface area contributed by atoms with Crippen molar-refractivity contribution in [2.45, 2.75) is 13.5 Å². The van der Waals surface area contributed by atoms with E-state index in [-0.39, 0.29) is 17.1 Å². The average molecular weight is 281 g/mol. The Morgan fingerprint density at radius 3 is 2.75 bits per heavy atom. The van der Waals surface area contributed by atoms with Crippen molar-refractivity contribution in [2.24, 2.45) is 7.05 Å². The molecule has 0 aliphatic rings. The number of aromatic nitrogens is 2. The topological polar surface area (TPSA) is 56.2 Å². The number of carbonyl (C=O) groups excluding carboxylic acids is 1. The molecule has 1 heterocycles. The molecule has 0 aliphatic heterocycles. The number of benzene rings is 1. The molecule has 20 heavy (non-hydrogen) atoms. The minimum atomic E-state index is -2.96. The zero-order chi connectivity index (χ0) is 14.7. The summed E-state index contributed by atoms with van der Waals surface area (Å²) in [5.74, 6) is -0.571. The van der Waals surface area contributed by atoms with E-state index in [4.69, 9.17) is 0 Å². The summed E-state index contributed by atoms with van der Waals surface area (Å²) >= 11 is 0. The first kappa shape index (κ1) is 14.0. The van der Waals surface area contributed by atoms with Gasteiger partial charge < -0.3 is 10.1 Å². The van der Waals surface area contributed by atoms with Gasteiger partial charge in [0, 0.05) is 13.2 Å². The number of nitrogens with one attached hydrogen (secondary N) is 1. The summed E-state index contributed by atoms with van der Waals surface area (Å²) < 4.78 is 30.6. The number of hydrogen-bond acceptors (Lipinski definition) is 3. The number of halogens is 2. The highest BCUT2D eigenvalue weighted by molar-refractivity contribution is 6.03. The van der Waals surface area contributed by atoms with E-state index in [0.29, 0.717) is 0 Å². The predicted molar refractivity (Wildman–Crippen MR) is 69.0 cm³/mol. The fourth-order valence-electron chi connectivity index (χ4n) is 1.65. The zero-order valence-corrected chi connectivity index (χ0v) is 10.9. The average Bonchev–Trinajstić information content (AvgIpc) is 2.78. The van der Waals surface area contributed by atoms with Gasteiger partial charge in [-0.15, -0.1) is 0 Å². The van der Waals surface area contributed by atoms with Crippen LogP contribution in [0.4, 0.5) is 14.5 Å². The lowest BCUT2D eigenvalue weighted by Gasteiger charge is -2.12. The number of hydrogen-bond donors (Lipinski definition) is 1. The van der Waals surface area contributed by atoms with Crippen molar-refractivity contribution in [1.82, 2.24) is 9.78 Å². The maximum absolute atomic E-state index is 12.3. The number of nitrogens with zero attached hydrogens (tertiary/aromatic N) is 2. The van der Waals surface area contributed by atoms with Gasteiger partial charge >= 0.3 is 6.61 Å². The first-order valence-electron chi connectivity index (χ1n) is 5.82. The van der Waals surface area contributed by atoms with Crippen molar-refractivity contribution in [3.63, 3.8) is 0 Å². The van der Waals surface area contributed by atoms with Crippen LogP contribution in [0.25, 0.3) is 0 Å². The van der Waals surface area contributed by atoms with Gasteiger partial charge in [0.1, 0.15) is 5.75 Å². The van der Waals surface area contributed by atoms with Crippen molar-refractivity contribution < 1.29 is 18.3 Å². The maximum Gasteiger partial charge on any atom is 0.387 e. The fourth-order valence-corrected chi connectivity index (χ4v) is 1.65. The molecule has 0 unspecified atom stereocenters. The van der Waals surface area contributed by atoms with E-state index in [1.807, 2.05) is 0 Å². The summed E-state index contributed by atoms with van der Waals surface area (Å²) in [7, 11) is 1.67. The lowest BCUT2D eigenvalue weighted by atomic mass is 10.2. The molecule has 106 valence electrons. The van der Waals surface area contributed by atoms with Gasteiger partial charge in [0.2, 0.25) is 0 Å². The standard InChI is InChI=1S/C13H13F2N3O2/c1-8-3-4-9(11(7-8)20-13(14)15)16-12(19)10-5-6-18(2)17-10/h3-7,13H,1-2H3,(H,16,19). The first-order valence-corrected chi connectivity index (χ1v) is 5.82. The van der Waals surface area contributed by atoms with E-state index >= 15 is 0 Å². The van der Waals surface area contributed by atoms with Crippen LogP contribution < -0.4 is 10.1 Å². The lowest BCUT2D eigenvalue weighted by Crippen LogP contribution is -2.15. The van der Waals surface area contributed by atoms with Gasteiger partial charge in [-0.05, 0) is 30.7 Å². The first-order chi connectivity index (χ1) is 9.45. The monoisotopic (exact) mass is 281 g/mol. The molecule has 0 fully saturated rings. The molecule has 2 rings (SSSR count). The van der Waals surface area contributed by atoms with Crippen LogP contribution in [-0.2, 0) is 7.05 Å². The number of rotatable bonds is 4. The van der Waals surface area contributed by atoms with Crippen LogP contribution in [0.1, 0.15) is 16.1 Å². The molecular weight excluding hydrogens is 268 g/mol. The van der Waals surface area contributed by atoms with Crippen molar-refractivity contribution in [3.05, 3.63) is 41.7 Å². The van der Waals surface area contributed by atoms with Gasteiger partial charge in [-0.1, -0.05) is 6.07 Å². The molecule has 0 saturated carbocycles. The number of ether oxygens (including phenoxy) is 1. The molecule has 5 nitrogen and oxygen atoms in total. The number of amides is 1. The third kappa shape index (κ3) is 3.31. The Morgan fingerprint density at radius 2 is 2.15 bits per heavy atom. The van der Waals surface area contributed by atoms with E-state index < -0.39 is 12.5 Å². The summed E-state index contributed by atoms with van der Waals surface area (Å²) in [5, 5.41) is 6.43. The van der Waals surface area contributed by atoms with E-state index in [0.717, 1.165) is 5.56 Å². The van der Waals surface area contributed by atoms with E-state index in [1.165, 1.54) is 22.9 Å². The molecule has 0 radical (unpaired) electrons. The number of alkyl halides is 2. The smallest absolute Gasteiger partial charge is 0.387 e. The van der Waals surface area contributed by atoms with Gasteiger partial charge in [0.15, 0.2) is 5.69 Å². The highest BCUT2D eigenvalue weighted by Crippen LogP contribution is 2.27. The molecule has 0 bridgehead atoms. The van der Waals surface area contributed by atoms with E-state index in [2.05, 4.69) is 15.2 Å². The normalized spacial score (nSPS) is 10.7. The maximum atomic E-state index is 12.3. The molecular formula is C13H13F2N3O2. The van der Waals surface area contributed by atoms with Crippen LogP contribution in [0.5, 0.6) is 5.75 Å². The molecule has 1 aromatic heterocycles. The quantitative estimate of drug-likeness (QED) is 0.937. The second-order valence-electron chi connectivity index (χ2n) is 4.21. The molecule has 1 amide bonds. The van der Waals surface area contributed by atoms with Gasteiger partial charge in [0.05, 0.1) is 5.69 Å². The van der Waals surface area contributed by atoms with E-state index in [9.17, 15) is 13.6 Å². The Balaban J connectivity index is 2.22. The second-order valence-corrected chi connectivity index (χ2v) is 4.21. The summed E-state index contributed by atoms with van der Waals surface area (Å²) in [6.07, 6.45) is 1.61. The van der Waals surface area contributed by atoms with E-state index in [1.54, 1.807) is 26.2 Å². The molecule has 0 spiro atoms. The van der Waals surface area contributed by atoms with Gasteiger partial charge in [-0.3, -0.25) is 9.48 Å². The van der Waals surface area contributed by atoms with Crippen LogP contribution in [0.15, 0.2) is 30.5 Å². The highest BCUT2D eigenvalue weighted by atomic mass is 19.3. The Labute approximate surface area is 114 Å². The van der Waals surface area contributed by atoms with Crippen LogP contribution in [0.2, 0.25) is 0 Å². The minimum Gasteiger partial charge on any atom is -0.433 e.